The zero-order valence-corrected chi connectivity index (χ0v) is 12.8. The Morgan fingerprint density at radius 1 is 1.00 bits per heavy atom. The van der Waals surface area contributed by atoms with Crippen LogP contribution in [-0.2, 0) is 12.8 Å². The third kappa shape index (κ3) is 4.67. The van der Waals surface area contributed by atoms with Gasteiger partial charge in [0.2, 0.25) is 0 Å². The monoisotopic (exact) mass is 318 g/mol. The predicted molar refractivity (Wildman–Crippen MR) is 84.6 cm³/mol. The average molecular weight is 319 g/mol. The summed E-state index contributed by atoms with van der Waals surface area (Å²) in [6, 6.07) is 12.9. The first kappa shape index (κ1) is 14.1. The van der Waals surface area contributed by atoms with E-state index in [9.17, 15) is 0 Å². The molecule has 0 saturated heterocycles. The number of anilines is 1. The van der Waals surface area contributed by atoms with Gasteiger partial charge in [0, 0.05) is 17.2 Å². The van der Waals surface area contributed by atoms with Gasteiger partial charge in [-0.1, -0.05) is 37.6 Å². The molecule has 1 N–H and O–H groups in total. The van der Waals surface area contributed by atoms with Crippen LogP contribution in [0.15, 0.2) is 47.1 Å². The summed E-state index contributed by atoms with van der Waals surface area (Å²) in [6.07, 6.45) is 5.20. The first-order valence-electron chi connectivity index (χ1n) is 6.71. The highest BCUT2D eigenvalue weighted by Crippen LogP contribution is 2.11. The Bertz CT molecular complexity index is 491. The molecule has 0 unspecified atom stereocenters. The van der Waals surface area contributed by atoms with E-state index in [-0.39, 0.29) is 0 Å². The van der Waals surface area contributed by atoms with E-state index in [1.54, 1.807) is 0 Å². The minimum Gasteiger partial charge on any atom is -0.370 e. The van der Waals surface area contributed by atoms with Gasteiger partial charge in [0.25, 0.3) is 0 Å². The van der Waals surface area contributed by atoms with Gasteiger partial charge in [-0.3, -0.25) is 0 Å². The Labute approximate surface area is 123 Å². The molecule has 0 aliphatic carbocycles. The maximum atomic E-state index is 4.29. The third-order valence-electron chi connectivity index (χ3n) is 3.01. The van der Waals surface area contributed by atoms with Gasteiger partial charge in [0.1, 0.15) is 5.82 Å². The van der Waals surface area contributed by atoms with Crippen LogP contribution in [0.5, 0.6) is 0 Å². The minimum absolute atomic E-state index is 0.905. The standard InChI is InChI=1S/C16H19BrN2/c1-2-3-13-4-6-14(7-5-13)10-11-18-16-9-8-15(17)12-19-16/h4-9,12H,2-3,10-11H2,1H3,(H,18,19). The Hall–Kier alpha value is -1.35. The highest BCUT2D eigenvalue weighted by Gasteiger charge is 1.96. The summed E-state index contributed by atoms with van der Waals surface area (Å²) in [5.74, 6) is 0.922. The average Bonchev–Trinajstić information content (AvgIpc) is 2.43. The highest BCUT2D eigenvalue weighted by atomic mass is 79.9. The number of nitrogens with zero attached hydrogens (tertiary/aromatic N) is 1. The summed E-state index contributed by atoms with van der Waals surface area (Å²) < 4.78 is 1.00. The number of benzene rings is 1. The zero-order valence-electron chi connectivity index (χ0n) is 11.2. The van der Waals surface area contributed by atoms with Crippen molar-refractivity contribution in [1.82, 2.24) is 4.98 Å². The number of halogens is 1. The van der Waals surface area contributed by atoms with E-state index in [0.717, 1.165) is 23.3 Å². The fraction of sp³-hybridized carbons (Fsp3) is 0.312. The smallest absolute Gasteiger partial charge is 0.125 e. The molecule has 0 radical (unpaired) electrons. The Morgan fingerprint density at radius 2 is 1.68 bits per heavy atom. The molecule has 0 spiro atoms. The molecule has 0 fully saturated rings. The lowest BCUT2D eigenvalue weighted by molar-refractivity contribution is 0.918. The van der Waals surface area contributed by atoms with E-state index in [1.807, 2.05) is 18.3 Å². The van der Waals surface area contributed by atoms with Crippen molar-refractivity contribution in [3.8, 4) is 0 Å². The van der Waals surface area contributed by atoms with Crippen molar-refractivity contribution in [1.29, 1.82) is 0 Å². The number of hydrogen-bond acceptors (Lipinski definition) is 2. The molecule has 1 aromatic heterocycles. The van der Waals surface area contributed by atoms with Gasteiger partial charge >= 0.3 is 0 Å². The second-order valence-electron chi connectivity index (χ2n) is 4.60. The zero-order chi connectivity index (χ0) is 13.5. The van der Waals surface area contributed by atoms with Crippen LogP contribution < -0.4 is 5.32 Å². The molecule has 0 atom stereocenters. The quantitative estimate of drug-likeness (QED) is 0.851. The van der Waals surface area contributed by atoms with Gasteiger partial charge in [-0.25, -0.2) is 4.98 Å². The van der Waals surface area contributed by atoms with Crippen molar-refractivity contribution < 1.29 is 0 Å². The molecule has 0 bridgehead atoms. The van der Waals surface area contributed by atoms with E-state index in [4.69, 9.17) is 0 Å². The number of aryl methyl sites for hydroxylation is 1. The van der Waals surface area contributed by atoms with E-state index in [2.05, 4.69) is 57.4 Å². The second-order valence-corrected chi connectivity index (χ2v) is 5.52. The van der Waals surface area contributed by atoms with Gasteiger partial charge < -0.3 is 5.32 Å². The minimum atomic E-state index is 0.905. The van der Waals surface area contributed by atoms with Crippen LogP contribution in [0.25, 0.3) is 0 Å². The van der Waals surface area contributed by atoms with Crippen LogP contribution in [0, 0.1) is 0 Å². The molecular weight excluding hydrogens is 300 g/mol. The van der Waals surface area contributed by atoms with Crippen LogP contribution in [-0.4, -0.2) is 11.5 Å². The molecule has 2 nitrogen and oxygen atoms in total. The third-order valence-corrected chi connectivity index (χ3v) is 3.48. The summed E-state index contributed by atoms with van der Waals surface area (Å²) in [5.41, 5.74) is 2.79. The summed E-state index contributed by atoms with van der Waals surface area (Å²) in [5, 5.41) is 3.33. The van der Waals surface area contributed by atoms with Crippen LogP contribution in [0.4, 0.5) is 5.82 Å². The van der Waals surface area contributed by atoms with E-state index in [0.29, 0.717) is 0 Å². The topological polar surface area (TPSA) is 24.9 Å². The molecule has 3 heteroatoms. The molecule has 0 amide bonds. The van der Waals surface area contributed by atoms with Gasteiger partial charge in [-0.05, 0) is 52.0 Å². The van der Waals surface area contributed by atoms with E-state index < -0.39 is 0 Å². The van der Waals surface area contributed by atoms with Gasteiger partial charge in [-0.2, -0.15) is 0 Å². The summed E-state index contributed by atoms with van der Waals surface area (Å²) in [6.45, 7) is 3.12. The lowest BCUT2D eigenvalue weighted by atomic mass is 10.1. The van der Waals surface area contributed by atoms with Crippen LogP contribution in [0.1, 0.15) is 24.5 Å². The van der Waals surface area contributed by atoms with Crippen LogP contribution >= 0.6 is 15.9 Å². The van der Waals surface area contributed by atoms with Crippen LogP contribution in [0.3, 0.4) is 0 Å². The predicted octanol–water partition coefficient (Wildman–Crippen LogP) is 4.45. The molecule has 2 aromatic rings. The molecule has 1 aromatic carbocycles. The SMILES string of the molecule is CCCc1ccc(CCNc2ccc(Br)cn2)cc1. The molecule has 2 rings (SSSR count). The normalized spacial score (nSPS) is 10.4. The number of aromatic nitrogens is 1. The second kappa shape index (κ2) is 7.29. The van der Waals surface area contributed by atoms with Crippen molar-refractivity contribution in [2.24, 2.45) is 0 Å². The Kier molecular flexibility index (Phi) is 5.40. The Balaban J connectivity index is 1.80. The first-order valence-corrected chi connectivity index (χ1v) is 7.50. The molecule has 0 aliphatic heterocycles. The van der Waals surface area contributed by atoms with Crippen molar-refractivity contribution in [2.45, 2.75) is 26.2 Å². The maximum Gasteiger partial charge on any atom is 0.125 e. The lowest BCUT2D eigenvalue weighted by Gasteiger charge is -2.06. The summed E-state index contributed by atoms with van der Waals surface area (Å²) in [7, 11) is 0. The number of hydrogen-bond donors (Lipinski definition) is 1. The fourth-order valence-corrected chi connectivity index (χ4v) is 2.21. The van der Waals surface area contributed by atoms with Gasteiger partial charge in [0.05, 0.1) is 0 Å². The van der Waals surface area contributed by atoms with Crippen molar-refractivity contribution >= 4 is 21.7 Å². The number of pyridine rings is 1. The first-order chi connectivity index (χ1) is 9.28. The van der Waals surface area contributed by atoms with Crippen molar-refractivity contribution in [3.63, 3.8) is 0 Å². The molecule has 0 saturated carbocycles. The lowest BCUT2D eigenvalue weighted by Crippen LogP contribution is -2.06. The maximum absolute atomic E-state index is 4.29. The van der Waals surface area contributed by atoms with Crippen molar-refractivity contribution in [2.75, 3.05) is 11.9 Å². The van der Waals surface area contributed by atoms with E-state index >= 15 is 0 Å². The summed E-state index contributed by atoms with van der Waals surface area (Å²) >= 11 is 3.38. The largest absolute Gasteiger partial charge is 0.370 e. The van der Waals surface area contributed by atoms with Gasteiger partial charge in [0.15, 0.2) is 0 Å². The summed E-state index contributed by atoms with van der Waals surface area (Å²) in [4.78, 5) is 4.29. The highest BCUT2D eigenvalue weighted by molar-refractivity contribution is 9.10. The molecular formula is C16H19BrN2. The Morgan fingerprint density at radius 3 is 2.26 bits per heavy atom. The molecule has 0 aliphatic rings. The van der Waals surface area contributed by atoms with E-state index in [1.165, 1.54) is 24.0 Å². The van der Waals surface area contributed by atoms with Crippen molar-refractivity contribution in [3.05, 3.63) is 58.2 Å². The van der Waals surface area contributed by atoms with Crippen LogP contribution in [0.2, 0.25) is 0 Å². The molecule has 1 heterocycles. The number of nitrogens with one attached hydrogen (secondary N) is 1. The van der Waals surface area contributed by atoms with Gasteiger partial charge in [-0.15, -0.1) is 0 Å². The number of rotatable bonds is 6. The molecule has 19 heavy (non-hydrogen) atoms. The fourth-order valence-electron chi connectivity index (χ4n) is 1.98. The molecule has 100 valence electrons.